The fourth-order valence-corrected chi connectivity index (χ4v) is 4.55. The molecule has 0 unspecified atom stereocenters. The lowest BCUT2D eigenvalue weighted by Gasteiger charge is -2.16. The number of ketones is 1. The quantitative estimate of drug-likeness (QED) is 0.202. The Morgan fingerprint density at radius 3 is 2.37 bits per heavy atom. The Kier molecular flexibility index (Phi) is 8.01. The average Bonchev–Trinajstić information content (AvgIpc) is 3.46. The van der Waals surface area contributed by atoms with Crippen molar-refractivity contribution >= 4 is 34.4 Å². The van der Waals surface area contributed by atoms with Crippen molar-refractivity contribution in [2.45, 2.75) is 20.0 Å². The van der Waals surface area contributed by atoms with E-state index in [1.54, 1.807) is 73.7 Å². The van der Waals surface area contributed by atoms with Crippen molar-refractivity contribution in [1.29, 1.82) is 0 Å². The van der Waals surface area contributed by atoms with Crippen LogP contribution in [0.15, 0.2) is 86.8 Å². The van der Waals surface area contributed by atoms with E-state index in [1.807, 2.05) is 0 Å². The molecule has 0 amide bonds. The predicted molar refractivity (Wildman–Crippen MR) is 156 cm³/mol. The Morgan fingerprint density at radius 1 is 0.953 bits per heavy atom. The largest absolute Gasteiger partial charge is 0.468 e. The summed E-state index contributed by atoms with van der Waals surface area (Å²) in [6.45, 7) is 0.0669. The van der Waals surface area contributed by atoms with E-state index in [0.29, 0.717) is 38.2 Å². The number of carbonyl (C=O) groups excluding carboxylic acids is 3. The minimum absolute atomic E-state index is 0.0922. The minimum atomic E-state index is -1.11. The van der Waals surface area contributed by atoms with Crippen LogP contribution >= 0.6 is 0 Å². The number of aromatic nitrogens is 3. The van der Waals surface area contributed by atoms with Crippen LogP contribution in [0.1, 0.15) is 32.0 Å². The first-order chi connectivity index (χ1) is 20.7. The van der Waals surface area contributed by atoms with Crippen molar-refractivity contribution in [3.05, 3.63) is 116 Å². The number of hydrogen-bond donors (Lipinski definition) is 1. The molecule has 43 heavy (non-hydrogen) atoms. The monoisotopic (exact) mass is 582 g/mol. The fourth-order valence-electron chi connectivity index (χ4n) is 4.55. The smallest absolute Gasteiger partial charge is 0.339 e. The first-order valence-corrected chi connectivity index (χ1v) is 13.1. The van der Waals surface area contributed by atoms with Gasteiger partial charge in [0.1, 0.15) is 29.4 Å². The number of nitrogens with two attached hydrogens (primary N) is 1. The molecule has 0 atom stereocenters. The predicted octanol–water partition coefficient (Wildman–Crippen LogP) is 2.97. The van der Waals surface area contributed by atoms with Gasteiger partial charge in [-0.2, -0.15) is 0 Å². The van der Waals surface area contributed by atoms with Crippen LogP contribution in [-0.4, -0.2) is 45.6 Å². The summed E-state index contributed by atoms with van der Waals surface area (Å²) in [6.07, 6.45) is 0. The molecule has 5 rings (SSSR count). The molecule has 0 radical (unpaired) electrons. The molecule has 3 heterocycles. The molecular weight excluding hydrogens is 556 g/mol. The van der Waals surface area contributed by atoms with Gasteiger partial charge in [0.25, 0.3) is 5.56 Å². The number of rotatable bonds is 9. The minimum Gasteiger partial charge on any atom is -0.468 e. The molecule has 5 aromatic rings. The van der Waals surface area contributed by atoms with E-state index in [1.165, 1.54) is 6.07 Å². The van der Waals surface area contributed by atoms with Gasteiger partial charge in [-0.15, -0.1) is 0 Å². The molecule has 12 heteroatoms. The third kappa shape index (κ3) is 5.84. The number of fused-ring (bicyclic) bond motifs is 1. The Labute approximate surface area is 243 Å². The number of nitrogens with zero attached hydrogens (tertiary/aromatic N) is 3. The number of ether oxygens (including phenoxy) is 2. The van der Waals surface area contributed by atoms with E-state index in [-0.39, 0.29) is 12.1 Å². The lowest BCUT2D eigenvalue weighted by molar-refractivity contribution is -0.141. The molecule has 2 aromatic carbocycles. The number of hydrogen-bond acceptors (Lipinski definition) is 10. The van der Waals surface area contributed by atoms with Crippen molar-refractivity contribution in [2.24, 2.45) is 0 Å². The highest BCUT2D eigenvalue weighted by molar-refractivity contribution is 6.06. The van der Waals surface area contributed by atoms with E-state index < -0.39 is 53.5 Å². The number of Topliss-reactive ketones (excluding diaryl/α,β-unsaturated/α-hetero) is 1. The van der Waals surface area contributed by atoms with Crippen molar-refractivity contribution in [2.75, 3.05) is 19.5 Å². The van der Waals surface area contributed by atoms with E-state index in [2.05, 4.69) is 9.72 Å². The van der Waals surface area contributed by atoms with Crippen LogP contribution in [0, 0.1) is 6.92 Å². The lowest BCUT2D eigenvalue weighted by atomic mass is 10.1. The highest BCUT2D eigenvalue weighted by Crippen LogP contribution is 2.27. The molecule has 0 bridgehead atoms. The highest BCUT2D eigenvalue weighted by Gasteiger charge is 2.26. The Bertz CT molecular complexity index is 1990. The Balaban J connectivity index is 1.50. The maximum Gasteiger partial charge on any atom is 0.339 e. The molecule has 0 aliphatic heterocycles. The second-order valence-electron chi connectivity index (χ2n) is 9.56. The first-order valence-electron chi connectivity index (χ1n) is 13.1. The number of methoxy groups -OCH3 is 1. The summed E-state index contributed by atoms with van der Waals surface area (Å²) in [4.78, 5) is 69.7. The molecule has 0 saturated carbocycles. The maximum absolute atomic E-state index is 13.4. The third-order valence-corrected chi connectivity index (χ3v) is 6.71. The van der Waals surface area contributed by atoms with Crippen LogP contribution in [0.25, 0.3) is 22.4 Å². The summed E-state index contributed by atoms with van der Waals surface area (Å²) >= 11 is 0. The van der Waals surface area contributed by atoms with E-state index in [0.717, 1.165) is 11.7 Å². The van der Waals surface area contributed by atoms with E-state index >= 15 is 0 Å². The lowest BCUT2D eigenvalue weighted by Crippen LogP contribution is -2.46. The Hall–Kier alpha value is -5.78. The molecule has 0 aliphatic rings. The summed E-state index contributed by atoms with van der Waals surface area (Å²) in [5, 5.41) is 0.475. The molecule has 12 nitrogen and oxygen atoms in total. The van der Waals surface area contributed by atoms with Gasteiger partial charge in [-0.3, -0.25) is 19.0 Å². The number of carbonyl (C=O) groups is 3. The van der Waals surface area contributed by atoms with Crippen molar-refractivity contribution in [3.8, 4) is 11.5 Å². The molecule has 0 fully saturated rings. The van der Waals surface area contributed by atoms with Crippen molar-refractivity contribution in [3.63, 3.8) is 0 Å². The van der Waals surface area contributed by atoms with Crippen molar-refractivity contribution in [1.82, 2.24) is 14.1 Å². The van der Waals surface area contributed by atoms with E-state index in [9.17, 15) is 24.0 Å². The number of esters is 2. The van der Waals surface area contributed by atoms with E-state index in [4.69, 9.17) is 14.9 Å². The second-order valence-corrected chi connectivity index (χ2v) is 9.56. The topological polar surface area (TPSA) is 166 Å². The summed E-state index contributed by atoms with van der Waals surface area (Å²) in [5.74, 6) is -2.03. The first kappa shape index (κ1) is 28.7. The molecule has 218 valence electrons. The van der Waals surface area contributed by atoms with Gasteiger partial charge in [0, 0.05) is 5.39 Å². The van der Waals surface area contributed by atoms with Gasteiger partial charge in [-0.1, -0.05) is 48.5 Å². The summed E-state index contributed by atoms with van der Waals surface area (Å²) in [7, 11) is 1.10. The van der Waals surface area contributed by atoms with Gasteiger partial charge in [-0.05, 0) is 36.8 Å². The van der Waals surface area contributed by atoms with Gasteiger partial charge in [-0.25, -0.2) is 19.1 Å². The average molecular weight is 583 g/mol. The Morgan fingerprint density at radius 2 is 1.67 bits per heavy atom. The zero-order valence-electron chi connectivity index (χ0n) is 23.2. The highest BCUT2D eigenvalue weighted by atomic mass is 16.5. The number of aryl methyl sites for hydroxylation is 1. The van der Waals surface area contributed by atoms with Crippen molar-refractivity contribution < 1.29 is 28.3 Å². The van der Waals surface area contributed by atoms with Crippen LogP contribution < -0.4 is 17.0 Å². The fraction of sp³-hybridized carbons (Fsp3) is 0.161. The molecule has 0 saturated heterocycles. The number of anilines is 1. The summed E-state index contributed by atoms with van der Waals surface area (Å²) in [6, 6.07) is 20.6. The van der Waals surface area contributed by atoms with Crippen LogP contribution in [0.5, 0.6) is 0 Å². The van der Waals surface area contributed by atoms with Gasteiger partial charge < -0.3 is 19.6 Å². The number of para-hydroxylation sites is 1. The zero-order valence-corrected chi connectivity index (χ0v) is 23.2. The maximum atomic E-state index is 13.4. The SMILES string of the molecule is COC(=O)Cn1c(=O)c(C(=O)COC(=O)c2cc(-c3ccc(C)o3)nc3ccccc23)c(N)n(Cc2ccccc2)c1=O. The van der Waals surface area contributed by atoms with Crippen LogP contribution in [0.3, 0.4) is 0 Å². The van der Waals surface area contributed by atoms with Gasteiger partial charge in [0.15, 0.2) is 12.4 Å². The second kappa shape index (κ2) is 12.0. The van der Waals surface area contributed by atoms with Gasteiger partial charge in [0.2, 0.25) is 5.78 Å². The molecule has 0 spiro atoms. The molecule has 3 aromatic heterocycles. The molecule has 2 N–H and O–H groups in total. The summed E-state index contributed by atoms with van der Waals surface area (Å²) in [5.41, 5.74) is 5.23. The van der Waals surface area contributed by atoms with Gasteiger partial charge >= 0.3 is 17.6 Å². The number of nitrogen functional groups attached to an aromatic ring is 1. The third-order valence-electron chi connectivity index (χ3n) is 6.71. The standard InChI is InChI=1S/C31H26N4O8/c1-18-12-13-25(43-18)23-14-21(20-10-6-7-11-22(20)33-23)30(39)42-17-24(36)27-28(32)34(15-19-8-4-3-5-9-19)31(40)35(29(27)38)16-26(37)41-2/h3-14H,15-17,32H2,1-2H3. The number of benzene rings is 2. The van der Waals surface area contributed by atoms with Gasteiger partial charge in [0.05, 0.1) is 24.7 Å². The molecule has 0 aliphatic carbocycles. The normalized spacial score (nSPS) is 10.9. The number of furan rings is 1. The van der Waals surface area contributed by atoms with Crippen LogP contribution in [0.2, 0.25) is 0 Å². The van der Waals surface area contributed by atoms with Crippen LogP contribution in [-0.2, 0) is 27.4 Å². The zero-order chi connectivity index (χ0) is 30.7. The number of pyridine rings is 1. The molecular formula is C31H26N4O8. The summed E-state index contributed by atoms with van der Waals surface area (Å²) < 4.78 is 17.2. The van der Waals surface area contributed by atoms with Crippen LogP contribution in [0.4, 0.5) is 5.82 Å².